The molecule has 2 saturated carbocycles. The summed E-state index contributed by atoms with van der Waals surface area (Å²) in [5.41, 5.74) is -0.212. The van der Waals surface area contributed by atoms with Gasteiger partial charge in [0.15, 0.2) is 0 Å². The van der Waals surface area contributed by atoms with Gasteiger partial charge in [0, 0.05) is 11.5 Å². The van der Waals surface area contributed by atoms with Crippen LogP contribution >= 0.6 is 0 Å². The van der Waals surface area contributed by atoms with Gasteiger partial charge in [-0.15, -0.1) is 0 Å². The molecule has 3 rings (SSSR count). The van der Waals surface area contributed by atoms with E-state index in [-0.39, 0.29) is 23.8 Å². The van der Waals surface area contributed by atoms with E-state index in [2.05, 4.69) is 6.58 Å². The maximum Gasteiger partial charge on any atom is 0.333 e. The highest BCUT2D eigenvalue weighted by molar-refractivity contribution is 5.88. The summed E-state index contributed by atoms with van der Waals surface area (Å²) >= 11 is 0. The van der Waals surface area contributed by atoms with E-state index in [0.717, 1.165) is 19.3 Å². The molecule has 0 N–H and O–H groups in total. The number of ether oxygens (including phenoxy) is 2. The first kappa shape index (κ1) is 10.8. The predicted octanol–water partition coefficient (Wildman–Crippen LogP) is 1.45. The second-order valence-electron chi connectivity index (χ2n) is 5.51. The van der Waals surface area contributed by atoms with Crippen molar-refractivity contribution in [1.29, 1.82) is 0 Å². The van der Waals surface area contributed by atoms with Gasteiger partial charge in [-0.05, 0) is 32.1 Å². The van der Waals surface area contributed by atoms with Gasteiger partial charge in [-0.1, -0.05) is 6.58 Å². The summed E-state index contributed by atoms with van der Waals surface area (Å²) in [6.07, 6.45) is 2.63. The Labute approximate surface area is 100.0 Å². The number of hydrogen-bond acceptors (Lipinski definition) is 4. The van der Waals surface area contributed by atoms with E-state index in [9.17, 15) is 9.59 Å². The van der Waals surface area contributed by atoms with Crippen molar-refractivity contribution >= 4 is 11.9 Å². The Morgan fingerprint density at radius 3 is 3.06 bits per heavy atom. The van der Waals surface area contributed by atoms with E-state index >= 15 is 0 Å². The molecule has 0 aromatic carbocycles. The highest BCUT2D eigenvalue weighted by atomic mass is 16.6. The molecule has 1 heterocycles. The van der Waals surface area contributed by atoms with Crippen LogP contribution in [0.4, 0.5) is 0 Å². The second-order valence-corrected chi connectivity index (χ2v) is 5.51. The number of fused-ring (bicyclic) bond motifs is 5. The molecule has 4 nitrogen and oxygen atoms in total. The quantitative estimate of drug-likeness (QED) is 0.538. The standard InChI is InChI=1S/C13H16O4/c1-7(2)11(14)17-13-4-3-8(5-13)9-6-16-12(15)10(9)13/h8-10H,1,3-6H2,2H3. The lowest BCUT2D eigenvalue weighted by Crippen LogP contribution is -2.42. The van der Waals surface area contributed by atoms with Crippen LogP contribution in [0.5, 0.6) is 0 Å². The highest BCUT2D eigenvalue weighted by Gasteiger charge is 2.66. The van der Waals surface area contributed by atoms with Crippen molar-refractivity contribution in [2.75, 3.05) is 6.61 Å². The summed E-state index contributed by atoms with van der Waals surface area (Å²) in [7, 11) is 0. The molecule has 1 saturated heterocycles. The molecule has 0 aromatic heterocycles. The van der Waals surface area contributed by atoms with Crippen LogP contribution in [0.15, 0.2) is 12.2 Å². The van der Waals surface area contributed by atoms with Gasteiger partial charge in [-0.25, -0.2) is 4.79 Å². The largest absolute Gasteiger partial charge is 0.465 e. The molecule has 4 unspecified atom stereocenters. The Bertz CT molecular complexity index is 414. The van der Waals surface area contributed by atoms with Gasteiger partial charge < -0.3 is 9.47 Å². The lowest BCUT2D eigenvalue weighted by molar-refractivity contribution is -0.165. The molecule has 0 radical (unpaired) electrons. The van der Waals surface area contributed by atoms with E-state index in [1.165, 1.54) is 0 Å². The average Bonchev–Trinajstić information content (AvgIpc) is 2.90. The molecule has 92 valence electrons. The summed E-state index contributed by atoms with van der Waals surface area (Å²) in [5, 5.41) is 0. The monoisotopic (exact) mass is 236 g/mol. The molecule has 0 spiro atoms. The minimum absolute atomic E-state index is 0.188. The van der Waals surface area contributed by atoms with Crippen LogP contribution in [-0.2, 0) is 19.1 Å². The summed E-state index contributed by atoms with van der Waals surface area (Å²) in [4.78, 5) is 23.5. The maximum atomic E-state index is 11.8. The zero-order chi connectivity index (χ0) is 12.2. The number of rotatable bonds is 2. The third-order valence-corrected chi connectivity index (χ3v) is 4.46. The summed E-state index contributed by atoms with van der Waals surface area (Å²) < 4.78 is 10.7. The van der Waals surface area contributed by atoms with Crippen molar-refractivity contribution in [2.45, 2.75) is 31.8 Å². The molecule has 3 fully saturated rings. The predicted molar refractivity (Wildman–Crippen MR) is 58.9 cm³/mol. The number of carbonyl (C=O) groups excluding carboxylic acids is 2. The molecule has 0 aromatic rings. The van der Waals surface area contributed by atoms with Gasteiger partial charge in [0.2, 0.25) is 0 Å². The zero-order valence-electron chi connectivity index (χ0n) is 9.90. The van der Waals surface area contributed by atoms with E-state index < -0.39 is 5.60 Å². The van der Waals surface area contributed by atoms with Crippen LogP contribution < -0.4 is 0 Å². The fourth-order valence-electron chi connectivity index (χ4n) is 3.71. The number of carbonyl (C=O) groups is 2. The molecule has 3 aliphatic rings. The van der Waals surface area contributed by atoms with Gasteiger partial charge in [0.05, 0.1) is 6.61 Å². The smallest absolute Gasteiger partial charge is 0.333 e. The number of hydrogen-bond donors (Lipinski definition) is 0. The van der Waals surface area contributed by atoms with Crippen LogP contribution in [0.3, 0.4) is 0 Å². The van der Waals surface area contributed by atoms with E-state index in [1.807, 2.05) is 0 Å². The van der Waals surface area contributed by atoms with Crippen LogP contribution in [-0.4, -0.2) is 24.1 Å². The van der Waals surface area contributed by atoms with Gasteiger partial charge in [-0.3, -0.25) is 4.79 Å². The minimum atomic E-state index is -0.598. The van der Waals surface area contributed by atoms with Crippen molar-refractivity contribution in [3.63, 3.8) is 0 Å². The molecular formula is C13H16O4. The van der Waals surface area contributed by atoms with Crippen molar-refractivity contribution in [2.24, 2.45) is 17.8 Å². The summed E-state index contributed by atoms with van der Waals surface area (Å²) in [5.74, 6) is -0.0687. The lowest BCUT2D eigenvalue weighted by Gasteiger charge is -2.32. The zero-order valence-corrected chi connectivity index (χ0v) is 9.90. The second kappa shape index (κ2) is 3.34. The topological polar surface area (TPSA) is 52.6 Å². The van der Waals surface area contributed by atoms with Crippen LogP contribution in [0, 0.1) is 17.8 Å². The molecule has 2 aliphatic carbocycles. The Balaban J connectivity index is 1.88. The Kier molecular flexibility index (Phi) is 2.12. The van der Waals surface area contributed by atoms with Gasteiger partial charge in [-0.2, -0.15) is 0 Å². The van der Waals surface area contributed by atoms with E-state index in [4.69, 9.17) is 9.47 Å². The average molecular weight is 236 g/mol. The fourth-order valence-corrected chi connectivity index (χ4v) is 3.71. The van der Waals surface area contributed by atoms with Crippen LogP contribution in [0.25, 0.3) is 0 Å². The highest BCUT2D eigenvalue weighted by Crippen LogP contribution is 2.59. The molecule has 0 amide bonds. The van der Waals surface area contributed by atoms with Crippen molar-refractivity contribution in [3.8, 4) is 0 Å². The Morgan fingerprint density at radius 1 is 1.59 bits per heavy atom. The fraction of sp³-hybridized carbons (Fsp3) is 0.692. The van der Waals surface area contributed by atoms with Crippen LogP contribution in [0.2, 0.25) is 0 Å². The third-order valence-electron chi connectivity index (χ3n) is 4.46. The van der Waals surface area contributed by atoms with Crippen LogP contribution in [0.1, 0.15) is 26.2 Å². The molecule has 2 bridgehead atoms. The SMILES string of the molecule is C=C(C)C(=O)OC12CCC(C1)C1COC(=O)C12. The first-order chi connectivity index (χ1) is 8.03. The lowest BCUT2D eigenvalue weighted by atomic mass is 9.79. The number of cyclic esters (lactones) is 1. The van der Waals surface area contributed by atoms with Crippen molar-refractivity contribution < 1.29 is 19.1 Å². The van der Waals surface area contributed by atoms with Crippen molar-refractivity contribution in [1.82, 2.24) is 0 Å². The first-order valence-electron chi connectivity index (χ1n) is 6.09. The molecule has 4 atom stereocenters. The van der Waals surface area contributed by atoms with Gasteiger partial charge >= 0.3 is 11.9 Å². The van der Waals surface area contributed by atoms with Gasteiger partial charge in [0.1, 0.15) is 11.5 Å². The summed E-state index contributed by atoms with van der Waals surface area (Å²) in [6.45, 7) is 5.72. The maximum absolute atomic E-state index is 11.8. The molecular weight excluding hydrogens is 220 g/mol. The first-order valence-corrected chi connectivity index (χ1v) is 6.09. The minimum Gasteiger partial charge on any atom is -0.465 e. The van der Waals surface area contributed by atoms with E-state index in [0.29, 0.717) is 18.1 Å². The molecule has 4 heteroatoms. The van der Waals surface area contributed by atoms with Gasteiger partial charge in [0.25, 0.3) is 0 Å². The third kappa shape index (κ3) is 1.36. The number of esters is 2. The molecule has 17 heavy (non-hydrogen) atoms. The van der Waals surface area contributed by atoms with E-state index in [1.54, 1.807) is 6.92 Å². The molecule has 1 aliphatic heterocycles. The summed E-state index contributed by atoms with van der Waals surface area (Å²) in [6, 6.07) is 0. The Hall–Kier alpha value is -1.32. The normalized spacial score (nSPS) is 42.2. The Morgan fingerprint density at radius 2 is 2.35 bits per heavy atom. The van der Waals surface area contributed by atoms with Crippen molar-refractivity contribution in [3.05, 3.63) is 12.2 Å².